The Morgan fingerprint density at radius 3 is 2.70 bits per heavy atom. The first-order valence-electron chi connectivity index (χ1n) is 7.17. The minimum Gasteiger partial charge on any atom is -0.383 e. The summed E-state index contributed by atoms with van der Waals surface area (Å²) >= 11 is 3.64. The molecule has 3 nitrogen and oxygen atoms in total. The Labute approximate surface area is 128 Å². The summed E-state index contributed by atoms with van der Waals surface area (Å²) in [4.78, 5) is 0. The summed E-state index contributed by atoms with van der Waals surface area (Å²) in [5.74, 6) is 1.97. The largest absolute Gasteiger partial charge is 0.383 e. The van der Waals surface area contributed by atoms with Crippen molar-refractivity contribution in [1.29, 1.82) is 0 Å². The van der Waals surface area contributed by atoms with Gasteiger partial charge in [-0.3, -0.25) is 4.68 Å². The SMILES string of the molecule is CC1CCCC1c1nn(C)c(N)c1-c1ccccc1Br. The van der Waals surface area contributed by atoms with Crippen LogP contribution in [0.25, 0.3) is 11.1 Å². The van der Waals surface area contributed by atoms with E-state index in [0.717, 1.165) is 21.4 Å². The van der Waals surface area contributed by atoms with Crippen molar-refractivity contribution in [3.63, 3.8) is 0 Å². The number of halogens is 1. The van der Waals surface area contributed by atoms with Gasteiger partial charge in [0.25, 0.3) is 0 Å². The Kier molecular flexibility index (Phi) is 3.59. The van der Waals surface area contributed by atoms with E-state index in [4.69, 9.17) is 10.8 Å². The van der Waals surface area contributed by atoms with Crippen LogP contribution >= 0.6 is 15.9 Å². The molecule has 1 fully saturated rings. The molecule has 0 saturated heterocycles. The Morgan fingerprint density at radius 2 is 2.05 bits per heavy atom. The first-order valence-corrected chi connectivity index (χ1v) is 7.96. The predicted octanol–water partition coefficient (Wildman–Crippen LogP) is 4.34. The van der Waals surface area contributed by atoms with Gasteiger partial charge in [0.15, 0.2) is 0 Å². The summed E-state index contributed by atoms with van der Waals surface area (Å²) in [5.41, 5.74) is 9.72. The molecule has 20 heavy (non-hydrogen) atoms. The maximum atomic E-state index is 6.30. The van der Waals surface area contributed by atoms with Gasteiger partial charge in [-0.05, 0) is 18.4 Å². The average molecular weight is 334 g/mol. The molecule has 0 spiro atoms. The van der Waals surface area contributed by atoms with Crippen molar-refractivity contribution >= 4 is 21.7 Å². The second-order valence-electron chi connectivity index (χ2n) is 5.76. The molecule has 2 aromatic rings. The molecular weight excluding hydrogens is 314 g/mol. The molecule has 0 aliphatic heterocycles. The smallest absolute Gasteiger partial charge is 0.129 e. The zero-order valence-electron chi connectivity index (χ0n) is 11.9. The van der Waals surface area contributed by atoms with E-state index in [2.05, 4.69) is 35.0 Å². The molecule has 1 aromatic heterocycles. The van der Waals surface area contributed by atoms with Crippen molar-refractivity contribution in [2.24, 2.45) is 13.0 Å². The normalized spacial score (nSPS) is 22.4. The Hall–Kier alpha value is -1.29. The van der Waals surface area contributed by atoms with Gasteiger partial charge in [-0.25, -0.2) is 0 Å². The summed E-state index contributed by atoms with van der Waals surface area (Å²) in [7, 11) is 1.93. The van der Waals surface area contributed by atoms with Gasteiger partial charge in [-0.2, -0.15) is 5.10 Å². The van der Waals surface area contributed by atoms with Gasteiger partial charge < -0.3 is 5.73 Å². The summed E-state index contributed by atoms with van der Waals surface area (Å²) in [6, 6.07) is 8.25. The molecule has 1 saturated carbocycles. The second kappa shape index (κ2) is 5.24. The van der Waals surface area contributed by atoms with Crippen LogP contribution in [0.4, 0.5) is 5.82 Å². The van der Waals surface area contributed by atoms with E-state index in [9.17, 15) is 0 Å². The van der Waals surface area contributed by atoms with Crippen LogP contribution < -0.4 is 5.73 Å². The zero-order valence-corrected chi connectivity index (χ0v) is 13.5. The van der Waals surface area contributed by atoms with E-state index in [-0.39, 0.29) is 0 Å². The number of anilines is 1. The van der Waals surface area contributed by atoms with Crippen molar-refractivity contribution in [3.05, 3.63) is 34.4 Å². The van der Waals surface area contributed by atoms with Crippen LogP contribution in [0.3, 0.4) is 0 Å². The van der Waals surface area contributed by atoms with Gasteiger partial charge in [0.2, 0.25) is 0 Å². The molecule has 2 N–H and O–H groups in total. The number of hydrogen-bond donors (Lipinski definition) is 1. The van der Waals surface area contributed by atoms with E-state index in [1.807, 2.05) is 23.9 Å². The summed E-state index contributed by atoms with van der Waals surface area (Å²) in [5, 5.41) is 4.73. The molecule has 2 atom stereocenters. The molecular formula is C16H20BrN3. The van der Waals surface area contributed by atoms with E-state index in [0.29, 0.717) is 11.8 Å². The monoisotopic (exact) mass is 333 g/mol. The van der Waals surface area contributed by atoms with Crippen LogP contribution in [-0.2, 0) is 7.05 Å². The van der Waals surface area contributed by atoms with Crippen LogP contribution in [0.5, 0.6) is 0 Å². The number of aryl methyl sites for hydroxylation is 1. The van der Waals surface area contributed by atoms with Crippen LogP contribution in [0.1, 0.15) is 37.8 Å². The molecule has 2 unspecified atom stereocenters. The van der Waals surface area contributed by atoms with Gasteiger partial charge in [-0.15, -0.1) is 0 Å². The number of rotatable bonds is 2. The topological polar surface area (TPSA) is 43.8 Å². The number of hydrogen-bond acceptors (Lipinski definition) is 2. The lowest BCUT2D eigenvalue weighted by Crippen LogP contribution is -2.05. The highest BCUT2D eigenvalue weighted by atomic mass is 79.9. The minimum atomic E-state index is 0.528. The van der Waals surface area contributed by atoms with Crippen molar-refractivity contribution in [1.82, 2.24) is 9.78 Å². The zero-order chi connectivity index (χ0) is 14.3. The fraction of sp³-hybridized carbons (Fsp3) is 0.438. The third kappa shape index (κ3) is 2.16. The van der Waals surface area contributed by atoms with Gasteiger partial charge in [0.1, 0.15) is 5.82 Å². The van der Waals surface area contributed by atoms with Gasteiger partial charge in [0, 0.05) is 28.6 Å². The van der Waals surface area contributed by atoms with Crippen molar-refractivity contribution in [2.45, 2.75) is 32.1 Å². The first-order chi connectivity index (χ1) is 9.59. The highest BCUT2D eigenvalue weighted by Crippen LogP contribution is 2.45. The first kappa shape index (κ1) is 13.7. The highest BCUT2D eigenvalue weighted by molar-refractivity contribution is 9.10. The van der Waals surface area contributed by atoms with Gasteiger partial charge >= 0.3 is 0 Å². The minimum absolute atomic E-state index is 0.528. The Morgan fingerprint density at radius 1 is 1.30 bits per heavy atom. The number of nitrogens with two attached hydrogens (primary N) is 1. The maximum absolute atomic E-state index is 6.30. The van der Waals surface area contributed by atoms with E-state index >= 15 is 0 Å². The third-order valence-electron chi connectivity index (χ3n) is 4.47. The molecule has 1 aliphatic rings. The molecule has 1 heterocycles. The fourth-order valence-corrected chi connectivity index (χ4v) is 3.79. The van der Waals surface area contributed by atoms with E-state index in [1.165, 1.54) is 25.0 Å². The summed E-state index contributed by atoms with van der Waals surface area (Å²) in [6.45, 7) is 2.33. The van der Waals surface area contributed by atoms with Crippen molar-refractivity contribution in [3.8, 4) is 11.1 Å². The number of benzene rings is 1. The fourth-order valence-electron chi connectivity index (χ4n) is 3.31. The maximum Gasteiger partial charge on any atom is 0.129 e. The molecule has 106 valence electrons. The average Bonchev–Trinajstić information content (AvgIpc) is 2.96. The molecule has 4 heteroatoms. The molecule has 1 aromatic carbocycles. The van der Waals surface area contributed by atoms with Crippen LogP contribution in [0.15, 0.2) is 28.7 Å². The second-order valence-corrected chi connectivity index (χ2v) is 6.62. The molecule has 3 rings (SSSR count). The van der Waals surface area contributed by atoms with Crippen LogP contribution in [0, 0.1) is 5.92 Å². The lowest BCUT2D eigenvalue weighted by atomic mass is 9.90. The van der Waals surface area contributed by atoms with Gasteiger partial charge in [-0.1, -0.05) is 53.9 Å². The summed E-state index contributed by atoms with van der Waals surface area (Å²) in [6.07, 6.45) is 3.79. The standard InChI is InChI=1S/C16H20BrN3/c1-10-6-5-8-11(10)15-14(16(18)20(2)19-15)12-7-3-4-9-13(12)17/h3-4,7,9-11H,5-6,8,18H2,1-2H3. The van der Waals surface area contributed by atoms with Crippen molar-refractivity contribution in [2.75, 3.05) is 5.73 Å². The molecule has 0 amide bonds. The number of aromatic nitrogens is 2. The third-order valence-corrected chi connectivity index (χ3v) is 5.17. The summed E-state index contributed by atoms with van der Waals surface area (Å²) < 4.78 is 2.89. The van der Waals surface area contributed by atoms with Crippen LogP contribution in [0.2, 0.25) is 0 Å². The molecule has 1 aliphatic carbocycles. The van der Waals surface area contributed by atoms with Crippen LogP contribution in [-0.4, -0.2) is 9.78 Å². The molecule has 0 radical (unpaired) electrons. The van der Waals surface area contributed by atoms with E-state index < -0.39 is 0 Å². The Bertz CT molecular complexity index is 633. The number of nitrogens with zero attached hydrogens (tertiary/aromatic N) is 2. The number of nitrogen functional groups attached to an aromatic ring is 1. The van der Waals surface area contributed by atoms with Crippen molar-refractivity contribution < 1.29 is 0 Å². The van der Waals surface area contributed by atoms with E-state index in [1.54, 1.807) is 0 Å². The van der Waals surface area contributed by atoms with Gasteiger partial charge in [0.05, 0.1) is 5.69 Å². The highest BCUT2D eigenvalue weighted by Gasteiger charge is 2.31. The lowest BCUT2D eigenvalue weighted by molar-refractivity contribution is 0.516. The lowest BCUT2D eigenvalue weighted by Gasteiger charge is -2.15. The molecule has 0 bridgehead atoms. The predicted molar refractivity (Wildman–Crippen MR) is 86.5 cm³/mol. The quantitative estimate of drug-likeness (QED) is 0.888. The Balaban J connectivity index is 2.17.